The van der Waals surface area contributed by atoms with Gasteiger partial charge in [0.2, 0.25) is 0 Å². The number of carbonyl (C=O) groups is 1. The van der Waals surface area contributed by atoms with Crippen molar-refractivity contribution >= 4 is 6.03 Å². The molecule has 26 heavy (non-hydrogen) atoms. The van der Waals surface area contributed by atoms with Crippen LogP contribution in [0.2, 0.25) is 0 Å². The Kier molecular flexibility index (Phi) is 5.64. The van der Waals surface area contributed by atoms with Crippen LogP contribution in [0.1, 0.15) is 48.7 Å². The molecule has 0 unspecified atom stereocenters. The normalized spacial score (nSPS) is 14.9. The lowest BCUT2D eigenvalue weighted by Crippen LogP contribution is -2.44. The number of rotatable bonds is 7. The fraction of sp³-hybridized carbons (Fsp3) is 0.524. The molecule has 1 heterocycles. The maximum atomic E-state index is 12.9. The van der Waals surface area contributed by atoms with Gasteiger partial charge in [-0.15, -0.1) is 0 Å². The molecule has 1 aromatic heterocycles. The third-order valence-electron chi connectivity index (χ3n) is 5.31. The Balaban J connectivity index is 1.58. The molecule has 0 saturated heterocycles. The third kappa shape index (κ3) is 4.45. The number of amides is 2. The van der Waals surface area contributed by atoms with Gasteiger partial charge in [0.15, 0.2) is 0 Å². The molecule has 1 aromatic carbocycles. The van der Waals surface area contributed by atoms with E-state index >= 15 is 0 Å². The van der Waals surface area contributed by atoms with E-state index in [1.165, 1.54) is 11.1 Å². The molecule has 0 bridgehead atoms. The van der Waals surface area contributed by atoms with Crippen molar-refractivity contribution in [3.63, 3.8) is 0 Å². The number of hydrogen-bond acceptors (Lipinski definition) is 2. The number of hydrogen-bond donors (Lipinski definition) is 1. The van der Waals surface area contributed by atoms with Gasteiger partial charge in [-0.05, 0) is 52.0 Å². The molecule has 2 amide bonds. The van der Waals surface area contributed by atoms with Crippen molar-refractivity contribution in [2.24, 2.45) is 7.05 Å². The van der Waals surface area contributed by atoms with E-state index in [1.807, 2.05) is 29.6 Å². The van der Waals surface area contributed by atoms with E-state index in [4.69, 9.17) is 0 Å². The second-order valence-electron chi connectivity index (χ2n) is 7.51. The predicted molar refractivity (Wildman–Crippen MR) is 104 cm³/mol. The Hall–Kier alpha value is -2.30. The fourth-order valence-electron chi connectivity index (χ4n) is 3.36. The van der Waals surface area contributed by atoms with Crippen LogP contribution in [-0.4, -0.2) is 32.8 Å². The van der Waals surface area contributed by atoms with Crippen LogP contribution in [0.25, 0.3) is 0 Å². The first kappa shape index (κ1) is 18.5. The zero-order chi connectivity index (χ0) is 18.7. The molecule has 1 saturated carbocycles. The maximum absolute atomic E-state index is 12.9. The summed E-state index contributed by atoms with van der Waals surface area (Å²) in [5, 5.41) is 7.68. The Morgan fingerprint density at radius 1 is 1.31 bits per heavy atom. The van der Waals surface area contributed by atoms with Crippen LogP contribution in [0.4, 0.5) is 4.79 Å². The zero-order valence-corrected chi connectivity index (χ0v) is 16.3. The van der Waals surface area contributed by atoms with Crippen molar-refractivity contribution in [1.29, 1.82) is 0 Å². The highest BCUT2D eigenvalue weighted by Crippen LogP contribution is 2.29. The van der Waals surface area contributed by atoms with Crippen molar-refractivity contribution in [2.75, 3.05) is 0 Å². The lowest BCUT2D eigenvalue weighted by atomic mass is 10.1. The Morgan fingerprint density at radius 3 is 2.58 bits per heavy atom. The minimum absolute atomic E-state index is 0.0516. The third-order valence-corrected chi connectivity index (χ3v) is 5.31. The van der Waals surface area contributed by atoms with E-state index in [0.29, 0.717) is 12.6 Å². The minimum atomic E-state index is 0.0516. The second-order valence-corrected chi connectivity index (χ2v) is 7.51. The summed E-state index contributed by atoms with van der Waals surface area (Å²) in [6.45, 7) is 6.83. The van der Waals surface area contributed by atoms with E-state index < -0.39 is 0 Å². The molecular weight excluding hydrogens is 324 g/mol. The largest absolute Gasteiger partial charge is 0.336 e. The molecule has 3 rings (SSSR count). The molecule has 1 aliphatic rings. The monoisotopic (exact) mass is 354 g/mol. The van der Waals surface area contributed by atoms with Gasteiger partial charge in [0.05, 0.1) is 12.2 Å². The van der Waals surface area contributed by atoms with Gasteiger partial charge in [-0.1, -0.05) is 30.3 Å². The molecule has 1 fully saturated rings. The molecule has 1 N–H and O–H groups in total. The first-order valence-electron chi connectivity index (χ1n) is 9.56. The average Bonchev–Trinajstić information content (AvgIpc) is 3.42. The predicted octanol–water partition coefficient (Wildman–Crippen LogP) is 3.73. The second kappa shape index (κ2) is 7.94. The Morgan fingerprint density at radius 2 is 2.00 bits per heavy atom. The van der Waals surface area contributed by atoms with E-state index in [0.717, 1.165) is 37.1 Å². The molecular formula is C21H30N4O. The Labute approximate surface area is 156 Å². The zero-order valence-electron chi connectivity index (χ0n) is 16.3. The SMILES string of the molecule is Cc1nn(C)c(C)c1CN(C(=O)N[C@H](C)CCc1ccccc1)C1CC1. The lowest BCUT2D eigenvalue weighted by molar-refractivity contribution is 0.188. The summed E-state index contributed by atoms with van der Waals surface area (Å²) in [5.41, 5.74) is 4.64. The first-order valence-corrected chi connectivity index (χ1v) is 9.56. The van der Waals surface area contributed by atoms with Gasteiger partial charge in [0, 0.05) is 30.4 Å². The van der Waals surface area contributed by atoms with Crippen molar-refractivity contribution < 1.29 is 4.79 Å². The smallest absolute Gasteiger partial charge is 0.318 e. The van der Waals surface area contributed by atoms with Crippen LogP contribution in [0.15, 0.2) is 30.3 Å². The molecule has 0 aliphatic heterocycles. The van der Waals surface area contributed by atoms with Gasteiger partial charge in [-0.3, -0.25) is 4.68 Å². The molecule has 5 nitrogen and oxygen atoms in total. The number of aryl methyl sites for hydroxylation is 3. The summed E-state index contributed by atoms with van der Waals surface area (Å²) in [6, 6.07) is 11.0. The van der Waals surface area contributed by atoms with Crippen LogP contribution in [0, 0.1) is 13.8 Å². The Bertz CT molecular complexity index is 749. The molecule has 5 heteroatoms. The van der Waals surface area contributed by atoms with Crippen LogP contribution < -0.4 is 5.32 Å². The van der Waals surface area contributed by atoms with Crippen molar-refractivity contribution in [3.05, 3.63) is 52.8 Å². The number of urea groups is 1. The van der Waals surface area contributed by atoms with Crippen LogP contribution in [0.3, 0.4) is 0 Å². The first-order chi connectivity index (χ1) is 12.5. The van der Waals surface area contributed by atoms with E-state index in [2.05, 4.69) is 48.5 Å². The highest BCUT2D eigenvalue weighted by molar-refractivity contribution is 5.75. The number of aromatic nitrogens is 2. The maximum Gasteiger partial charge on any atom is 0.318 e. The highest BCUT2D eigenvalue weighted by Gasteiger charge is 2.34. The highest BCUT2D eigenvalue weighted by atomic mass is 16.2. The number of benzene rings is 1. The van der Waals surface area contributed by atoms with E-state index in [-0.39, 0.29) is 12.1 Å². The van der Waals surface area contributed by atoms with Gasteiger partial charge in [-0.2, -0.15) is 5.10 Å². The topological polar surface area (TPSA) is 50.2 Å². The summed E-state index contributed by atoms with van der Waals surface area (Å²) in [4.78, 5) is 14.9. The van der Waals surface area contributed by atoms with Crippen molar-refractivity contribution in [1.82, 2.24) is 20.0 Å². The molecule has 1 aliphatic carbocycles. The van der Waals surface area contributed by atoms with Gasteiger partial charge in [-0.25, -0.2) is 4.79 Å². The van der Waals surface area contributed by atoms with E-state index in [1.54, 1.807) is 0 Å². The minimum Gasteiger partial charge on any atom is -0.336 e. The van der Waals surface area contributed by atoms with Gasteiger partial charge >= 0.3 is 6.03 Å². The van der Waals surface area contributed by atoms with Gasteiger partial charge < -0.3 is 10.2 Å². The van der Waals surface area contributed by atoms with Crippen LogP contribution >= 0.6 is 0 Å². The lowest BCUT2D eigenvalue weighted by Gasteiger charge is -2.25. The summed E-state index contributed by atoms with van der Waals surface area (Å²) >= 11 is 0. The molecule has 140 valence electrons. The summed E-state index contributed by atoms with van der Waals surface area (Å²) in [5.74, 6) is 0. The summed E-state index contributed by atoms with van der Waals surface area (Å²) in [6.07, 6.45) is 4.13. The van der Waals surface area contributed by atoms with Gasteiger partial charge in [0.1, 0.15) is 0 Å². The average molecular weight is 354 g/mol. The van der Waals surface area contributed by atoms with E-state index in [9.17, 15) is 4.79 Å². The fourth-order valence-corrected chi connectivity index (χ4v) is 3.36. The standard InChI is InChI=1S/C21H30N4O/c1-15(10-11-18-8-6-5-7-9-18)22-21(26)25(19-12-13-19)14-20-16(2)23-24(4)17(20)3/h5-9,15,19H,10-14H2,1-4H3,(H,22,26)/t15-/m1/s1. The molecule has 0 spiro atoms. The quantitative estimate of drug-likeness (QED) is 0.823. The number of nitrogens with zero attached hydrogens (tertiary/aromatic N) is 3. The van der Waals surface area contributed by atoms with Crippen molar-refractivity contribution in [2.45, 2.75) is 65.1 Å². The summed E-state index contributed by atoms with van der Waals surface area (Å²) in [7, 11) is 1.96. The number of nitrogens with one attached hydrogen (secondary N) is 1. The summed E-state index contributed by atoms with van der Waals surface area (Å²) < 4.78 is 1.90. The number of carbonyl (C=O) groups excluding carboxylic acids is 1. The van der Waals surface area contributed by atoms with Crippen LogP contribution in [-0.2, 0) is 20.0 Å². The van der Waals surface area contributed by atoms with Crippen molar-refractivity contribution in [3.8, 4) is 0 Å². The van der Waals surface area contributed by atoms with Crippen LogP contribution in [0.5, 0.6) is 0 Å². The molecule has 2 aromatic rings. The molecule has 0 radical (unpaired) electrons. The molecule has 1 atom stereocenters. The van der Waals surface area contributed by atoms with Gasteiger partial charge in [0.25, 0.3) is 0 Å².